The molecule has 1 aliphatic carbocycles. The van der Waals surface area contributed by atoms with Gasteiger partial charge in [-0.15, -0.1) is 0 Å². The average molecular weight is 140 g/mol. The van der Waals surface area contributed by atoms with Crippen molar-refractivity contribution in [3.63, 3.8) is 0 Å². The predicted octanol–water partition coefficient (Wildman–Crippen LogP) is 2.88. The third-order valence-corrected chi connectivity index (χ3v) is 2.54. The molecule has 1 saturated carbocycles. The van der Waals surface area contributed by atoms with E-state index < -0.39 is 0 Å². The highest BCUT2D eigenvalue weighted by atomic mass is 16.3. The third kappa shape index (κ3) is 1.76. The highest BCUT2D eigenvalue weighted by molar-refractivity contribution is 4.86. The van der Waals surface area contributed by atoms with Gasteiger partial charge in [0.15, 0.2) is 0 Å². The summed E-state index contributed by atoms with van der Waals surface area (Å²) in [5, 5.41) is 8.94. The van der Waals surface area contributed by atoms with E-state index in [1.807, 2.05) is 0 Å². The Hall–Kier alpha value is -0.460. The molecule has 0 radical (unpaired) electrons. The van der Waals surface area contributed by atoms with Gasteiger partial charge in [0.05, 0.1) is 5.76 Å². The van der Waals surface area contributed by atoms with Gasteiger partial charge in [-0.05, 0) is 18.3 Å². The molecule has 0 aliphatic heterocycles. The maximum absolute atomic E-state index is 8.94. The smallest absolute Gasteiger partial charge is 0.0853 e. The lowest BCUT2D eigenvalue weighted by atomic mass is 9.94. The van der Waals surface area contributed by atoms with Crippen molar-refractivity contribution in [3.8, 4) is 0 Å². The zero-order valence-electron chi connectivity index (χ0n) is 6.64. The molecule has 58 valence electrons. The Bertz CT molecular complexity index is 129. The van der Waals surface area contributed by atoms with Crippen LogP contribution < -0.4 is 0 Å². The fourth-order valence-corrected chi connectivity index (χ4v) is 1.83. The van der Waals surface area contributed by atoms with E-state index in [9.17, 15) is 0 Å². The lowest BCUT2D eigenvalue weighted by Crippen LogP contribution is -2.04. The number of allylic oxidation sites excluding steroid dienone is 1. The van der Waals surface area contributed by atoms with E-state index in [1.54, 1.807) is 0 Å². The zero-order chi connectivity index (χ0) is 7.56. The molecule has 1 fully saturated rings. The molecule has 0 bridgehead atoms. The van der Waals surface area contributed by atoms with Gasteiger partial charge in [0.2, 0.25) is 0 Å². The molecule has 1 rings (SSSR count). The third-order valence-electron chi connectivity index (χ3n) is 2.54. The van der Waals surface area contributed by atoms with Crippen molar-refractivity contribution in [3.05, 3.63) is 12.3 Å². The largest absolute Gasteiger partial charge is 0.513 e. The molecule has 0 spiro atoms. The summed E-state index contributed by atoms with van der Waals surface area (Å²) in [5.74, 6) is 1.86. The monoisotopic (exact) mass is 140 g/mol. The molecule has 0 aromatic rings. The van der Waals surface area contributed by atoms with Gasteiger partial charge in [-0.1, -0.05) is 26.3 Å². The number of hydrogen-bond acceptors (Lipinski definition) is 1. The highest BCUT2D eigenvalue weighted by Gasteiger charge is 2.23. The Kier molecular flexibility index (Phi) is 2.36. The Morgan fingerprint density at radius 3 is 2.70 bits per heavy atom. The molecular formula is C9H16O. The van der Waals surface area contributed by atoms with Crippen LogP contribution in [0, 0.1) is 11.8 Å². The van der Waals surface area contributed by atoms with Gasteiger partial charge >= 0.3 is 0 Å². The van der Waals surface area contributed by atoms with Crippen LogP contribution in [-0.2, 0) is 0 Å². The molecule has 1 unspecified atom stereocenters. The van der Waals surface area contributed by atoms with Crippen LogP contribution in [0.15, 0.2) is 12.3 Å². The van der Waals surface area contributed by atoms with Gasteiger partial charge in [-0.2, -0.15) is 0 Å². The van der Waals surface area contributed by atoms with Crippen molar-refractivity contribution >= 4 is 0 Å². The maximum Gasteiger partial charge on any atom is 0.0853 e. The van der Waals surface area contributed by atoms with Crippen molar-refractivity contribution < 1.29 is 5.11 Å². The fourth-order valence-electron chi connectivity index (χ4n) is 1.83. The summed E-state index contributed by atoms with van der Waals surface area (Å²) in [6.45, 7) is 5.77. The van der Waals surface area contributed by atoms with Crippen LogP contribution >= 0.6 is 0 Å². The van der Waals surface area contributed by atoms with Gasteiger partial charge in [0.1, 0.15) is 0 Å². The van der Waals surface area contributed by atoms with Gasteiger partial charge in [-0.3, -0.25) is 0 Å². The second kappa shape index (κ2) is 3.09. The first-order chi connectivity index (χ1) is 4.70. The average Bonchev–Trinajstić information content (AvgIpc) is 2.15. The van der Waals surface area contributed by atoms with Crippen molar-refractivity contribution in [2.75, 3.05) is 0 Å². The quantitative estimate of drug-likeness (QED) is 0.585. The lowest BCUT2D eigenvalue weighted by Gasteiger charge is -2.13. The Balaban J connectivity index is 2.33. The SMILES string of the molecule is C=C(O)C[C@H]1CCCC1C. The second-order valence-electron chi connectivity index (χ2n) is 3.44. The minimum atomic E-state index is 0.360. The minimum Gasteiger partial charge on any atom is -0.513 e. The molecule has 0 aromatic heterocycles. The molecule has 10 heavy (non-hydrogen) atoms. The van der Waals surface area contributed by atoms with Crippen LogP contribution in [0.25, 0.3) is 0 Å². The van der Waals surface area contributed by atoms with Crippen molar-refractivity contribution in [1.82, 2.24) is 0 Å². The van der Waals surface area contributed by atoms with Crippen molar-refractivity contribution in [1.29, 1.82) is 0 Å². The first-order valence-electron chi connectivity index (χ1n) is 4.07. The van der Waals surface area contributed by atoms with Gasteiger partial charge < -0.3 is 5.11 Å². The van der Waals surface area contributed by atoms with Crippen molar-refractivity contribution in [2.45, 2.75) is 32.6 Å². The minimum absolute atomic E-state index is 0.360. The number of rotatable bonds is 2. The lowest BCUT2D eigenvalue weighted by molar-refractivity contribution is 0.321. The first-order valence-corrected chi connectivity index (χ1v) is 4.07. The van der Waals surface area contributed by atoms with Crippen LogP contribution in [0.3, 0.4) is 0 Å². The van der Waals surface area contributed by atoms with E-state index >= 15 is 0 Å². The van der Waals surface area contributed by atoms with Gasteiger partial charge in [0, 0.05) is 6.42 Å². The second-order valence-corrected chi connectivity index (χ2v) is 3.44. The van der Waals surface area contributed by atoms with Crippen LogP contribution in [0.2, 0.25) is 0 Å². The number of hydrogen-bond donors (Lipinski definition) is 1. The van der Waals surface area contributed by atoms with Crippen LogP contribution in [0.5, 0.6) is 0 Å². The molecule has 0 aromatic carbocycles. The summed E-state index contributed by atoms with van der Waals surface area (Å²) >= 11 is 0. The summed E-state index contributed by atoms with van der Waals surface area (Å²) in [6.07, 6.45) is 4.76. The summed E-state index contributed by atoms with van der Waals surface area (Å²) in [7, 11) is 0. The highest BCUT2D eigenvalue weighted by Crippen LogP contribution is 2.34. The molecule has 1 N–H and O–H groups in total. The van der Waals surface area contributed by atoms with Crippen LogP contribution in [0.1, 0.15) is 32.6 Å². The normalized spacial score (nSPS) is 32.5. The molecule has 0 saturated heterocycles. The van der Waals surface area contributed by atoms with E-state index in [4.69, 9.17) is 5.11 Å². The Morgan fingerprint density at radius 1 is 1.60 bits per heavy atom. The molecule has 1 aliphatic rings. The van der Waals surface area contributed by atoms with E-state index in [-0.39, 0.29) is 0 Å². The van der Waals surface area contributed by atoms with E-state index in [2.05, 4.69) is 13.5 Å². The first kappa shape index (κ1) is 7.64. The molecule has 2 atom stereocenters. The maximum atomic E-state index is 8.94. The molecular weight excluding hydrogens is 124 g/mol. The Labute approximate surface area is 62.8 Å². The van der Waals surface area contributed by atoms with E-state index in [0.29, 0.717) is 11.7 Å². The van der Waals surface area contributed by atoms with E-state index in [1.165, 1.54) is 19.3 Å². The number of aliphatic hydroxyl groups excluding tert-OH is 1. The molecule has 1 heteroatoms. The van der Waals surface area contributed by atoms with Crippen LogP contribution in [0.4, 0.5) is 0 Å². The summed E-state index contributed by atoms with van der Waals surface area (Å²) < 4.78 is 0. The van der Waals surface area contributed by atoms with Crippen LogP contribution in [-0.4, -0.2) is 5.11 Å². The molecule has 1 nitrogen and oxygen atoms in total. The van der Waals surface area contributed by atoms with E-state index in [0.717, 1.165) is 12.3 Å². The van der Waals surface area contributed by atoms with Gasteiger partial charge in [0.25, 0.3) is 0 Å². The Morgan fingerprint density at radius 2 is 2.30 bits per heavy atom. The summed E-state index contributed by atoms with van der Waals surface area (Å²) in [6, 6.07) is 0. The molecule has 0 amide bonds. The van der Waals surface area contributed by atoms with Gasteiger partial charge in [-0.25, -0.2) is 0 Å². The standard InChI is InChI=1S/C9H16O/c1-7-4-3-5-9(7)6-8(2)10/h7,9-10H,2-6H2,1H3/t7?,9-/m1/s1. The van der Waals surface area contributed by atoms with Crippen molar-refractivity contribution in [2.24, 2.45) is 11.8 Å². The fraction of sp³-hybridized carbons (Fsp3) is 0.778. The summed E-state index contributed by atoms with van der Waals surface area (Å²) in [4.78, 5) is 0. The number of aliphatic hydroxyl groups is 1. The summed E-state index contributed by atoms with van der Waals surface area (Å²) in [5.41, 5.74) is 0. The topological polar surface area (TPSA) is 20.2 Å². The predicted molar refractivity (Wildman–Crippen MR) is 42.9 cm³/mol. The zero-order valence-corrected chi connectivity index (χ0v) is 6.64. The molecule has 0 heterocycles.